The predicted octanol–water partition coefficient (Wildman–Crippen LogP) is 0.932. The highest BCUT2D eigenvalue weighted by atomic mass is 16.4. The molecular weight excluding hydrogens is 144 g/mol. The molecular formula is C8H12O3. The molecule has 0 spiro atoms. The van der Waals surface area contributed by atoms with Crippen LogP contribution in [0.15, 0.2) is 0 Å². The molecule has 0 saturated heterocycles. The van der Waals surface area contributed by atoms with Gasteiger partial charge in [-0.15, -0.1) is 0 Å². The number of carbonyl (C=O) groups excluding carboxylic acids is 1. The number of carboxylic acids is 1. The average molecular weight is 156 g/mol. The molecule has 11 heavy (non-hydrogen) atoms. The fraction of sp³-hybridized carbons (Fsp3) is 0.750. The smallest absolute Gasteiger partial charge is 0.307 e. The minimum absolute atomic E-state index is 0.0117. The van der Waals surface area contributed by atoms with Crippen molar-refractivity contribution in [3.05, 3.63) is 0 Å². The first-order valence-electron chi connectivity index (χ1n) is 3.62. The van der Waals surface area contributed by atoms with Crippen LogP contribution in [-0.4, -0.2) is 16.9 Å². The van der Waals surface area contributed by atoms with E-state index < -0.39 is 11.9 Å². The van der Waals surface area contributed by atoms with E-state index in [4.69, 9.17) is 5.11 Å². The van der Waals surface area contributed by atoms with Crippen LogP contribution >= 0.6 is 0 Å². The van der Waals surface area contributed by atoms with Gasteiger partial charge in [-0.3, -0.25) is 9.59 Å². The van der Waals surface area contributed by atoms with Crippen LogP contribution in [0.25, 0.3) is 0 Å². The van der Waals surface area contributed by atoms with E-state index in [0.29, 0.717) is 0 Å². The van der Waals surface area contributed by atoms with Gasteiger partial charge in [-0.25, -0.2) is 0 Å². The zero-order valence-electron chi connectivity index (χ0n) is 6.92. The standard InChI is InChI=1S/C8H12O3/c1-4(9)5-6(7(10)11)8(5,2)3/h5-6H,1-3H3,(H,10,11)/t5-,6?/m1/s1. The molecule has 0 aliphatic heterocycles. The van der Waals surface area contributed by atoms with E-state index in [-0.39, 0.29) is 17.1 Å². The molecule has 62 valence electrons. The second-order valence-corrected chi connectivity index (χ2v) is 3.73. The summed E-state index contributed by atoms with van der Waals surface area (Å²) in [6.07, 6.45) is 0. The van der Waals surface area contributed by atoms with Crippen LogP contribution in [0.2, 0.25) is 0 Å². The van der Waals surface area contributed by atoms with Crippen LogP contribution in [0, 0.1) is 17.3 Å². The maximum absolute atomic E-state index is 10.9. The van der Waals surface area contributed by atoms with E-state index in [0.717, 1.165) is 0 Å². The van der Waals surface area contributed by atoms with Crippen LogP contribution in [-0.2, 0) is 9.59 Å². The topological polar surface area (TPSA) is 54.4 Å². The SMILES string of the molecule is CC(=O)[C@@H]1C(C(=O)O)C1(C)C. The van der Waals surface area contributed by atoms with Gasteiger partial charge in [0.15, 0.2) is 0 Å². The summed E-state index contributed by atoms with van der Waals surface area (Å²) in [7, 11) is 0. The summed E-state index contributed by atoms with van der Waals surface area (Å²) in [4.78, 5) is 21.4. The lowest BCUT2D eigenvalue weighted by Crippen LogP contribution is -2.04. The van der Waals surface area contributed by atoms with Crippen molar-refractivity contribution in [1.29, 1.82) is 0 Å². The second-order valence-electron chi connectivity index (χ2n) is 3.73. The number of carbonyl (C=O) groups is 2. The van der Waals surface area contributed by atoms with Crippen molar-refractivity contribution >= 4 is 11.8 Å². The Morgan fingerprint density at radius 2 is 1.73 bits per heavy atom. The van der Waals surface area contributed by atoms with Crippen LogP contribution < -0.4 is 0 Å². The molecule has 0 radical (unpaired) electrons. The Hall–Kier alpha value is -0.860. The van der Waals surface area contributed by atoms with Gasteiger partial charge in [0.05, 0.1) is 5.92 Å². The van der Waals surface area contributed by atoms with Crippen LogP contribution in [0.4, 0.5) is 0 Å². The van der Waals surface area contributed by atoms with E-state index in [1.54, 1.807) is 0 Å². The third-order valence-corrected chi connectivity index (χ3v) is 2.53. The van der Waals surface area contributed by atoms with Crippen LogP contribution in [0.1, 0.15) is 20.8 Å². The number of hydrogen-bond donors (Lipinski definition) is 1. The predicted molar refractivity (Wildman–Crippen MR) is 39.1 cm³/mol. The van der Waals surface area contributed by atoms with Crippen molar-refractivity contribution in [2.24, 2.45) is 17.3 Å². The number of carboxylic acid groups (broad SMARTS) is 1. The van der Waals surface area contributed by atoms with Gasteiger partial charge in [0.2, 0.25) is 0 Å². The Labute approximate surface area is 65.4 Å². The van der Waals surface area contributed by atoms with E-state index in [2.05, 4.69) is 0 Å². The third kappa shape index (κ3) is 1.04. The summed E-state index contributed by atoms with van der Waals surface area (Å²) >= 11 is 0. The lowest BCUT2D eigenvalue weighted by Gasteiger charge is -1.96. The van der Waals surface area contributed by atoms with Gasteiger partial charge in [0.25, 0.3) is 0 Å². The Balaban J connectivity index is 2.76. The average Bonchev–Trinajstić information content (AvgIpc) is 2.33. The van der Waals surface area contributed by atoms with Gasteiger partial charge in [-0.2, -0.15) is 0 Å². The molecule has 3 heteroatoms. The summed E-state index contributed by atoms with van der Waals surface area (Å²) < 4.78 is 0. The lowest BCUT2D eigenvalue weighted by atomic mass is 10.1. The summed E-state index contributed by atoms with van der Waals surface area (Å²) in [6.45, 7) is 5.09. The molecule has 0 aromatic carbocycles. The van der Waals surface area contributed by atoms with Gasteiger partial charge in [0.1, 0.15) is 5.78 Å². The summed E-state index contributed by atoms with van der Waals surface area (Å²) in [5.74, 6) is -1.59. The number of aliphatic carboxylic acids is 1. The zero-order valence-corrected chi connectivity index (χ0v) is 6.92. The van der Waals surface area contributed by atoms with E-state index in [1.807, 2.05) is 13.8 Å². The van der Waals surface area contributed by atoms with Gasteiger partial charge >= 0.3 is 5.97 Å². The molecule has 0 heterocycles. The number of hydrogen-bond acceptors (Lipinski definition) is 2. The molecule has 3 nitrogen and oxygen atoms in total. The molecule has 0 amide bonds. The largest absolute Gasteiger partial charge is 0.481 e. The second kappa shape index (κ2) is 2.06. The summed E-state index contributed by atoms with van der Waals surface area (Å²) in [6, 6.07) is 0. The van der Waals surface area contributed by atoms with E-state index in [9.17, 15) is 9.59 Å². The minimum atomic E-state index is -0.852. The summed E-state index contributed by atoms with van der Waals surface area (Å²) in [5.41, 5.74) is -0.322. The zero-order chi connectivity index (χ0) is 8.81. The molecule has 1 fully saturated rings. The highest BCUT2D eigenvalue weighted by molar-refractivity contribution is 5.91. The monoisotopic (exact) mass is 156 g/mol. The molecule has 1 saturated carbocycles. The van der Waals surface area contributed by atoms with Gasteiger partial charge in [-0.1, -0.05) is 13.8 Å². The van der Waals surface area contributed by atoms with Gasteiger partial charge in [-0.05, 0) is 12.3 Å². The van der Waals surface area contributed by atoms with Crippen molar-refractivity contribution in [2.45, 2.75) is 20.8 Å². The maximum Gasteiger partial charge on any atom is 0.307 e. The van der Waals surface area contributed by atoms with Gasteiger partial charge < -0.3 is 5.11 Å². The Kier molecular flexibility index (Phi) is 1.54. The van der Waals surface area contributed by atoms with Crippen molar-refractivity contribution in [3.63, 3.8) is 0 Å². The quantitative estimate of drug-likeness (QED) is 0.647. The lowest BCUT2D eigenvalue weighted by molar-refractivity contribution is -0.140. The molecule has 1 unspecified atom stereocenters. The molecule has 0 aromatic heterocycles. The minimum Gasteiger partial charge on any atom is -0.481 e. The normalized spacial score (nSPS) is 33.0. The molecule has 1 rings (SSSR count). The summed E-state index contributed by atoms with van der Waals surface area (Å²) in [5, 5.41) is 8.66. The highest BCUT2D eigenvalue weighted by Gasteiger charge is 2.64. The molecule has 0 aromatic rings. The van der Waals surface area contributed by atoms with Crippen molar-refractivity contribution in [1.82, 2.24) is 0 Å². The first-order valence-corrected chi connectivity index (χ1v) is 3.62. The number of Topliss-reactive ketones (excluding diaryl/α,β-unsaturated/α-hetero) is 1. The van der Waals surface area contributed by atoms with Crippen molar-refractivity contribution < 1.29 is 14.7 Å². The Morgan fingerprint density at radius 1 is 1.27 bits per heavy atom. The van der Waals surface area contributed by atoms with Crippen molar-refractivity contribution in [3.8, 4) is 0 Å². The Bertz CT molecular complexity index is 195. The molecule has 0 bridgehead atoms. The first kappa shape index (κ1) is 8.24. The Morgan fingerprint density at radius 3 is 1.82 bits per heavy atom. The van der Waals surface area contributed by atoms with Gasteiger partial charge in [0, 0.05) is 5.92 Å². The number of rotatable bonds is 2. The van der Waals surface area contributed by atoms with E-state index in [1.165, 1.54) is 6.92 Å². The van der Waals surface area contributed by atoms with Crippen LogP contribution in [0.3, 0.4) is 0 Å². The van der Waals surface area contributed by atoms with Crippen molar-refractivity contribution in [2.75, 3.05) is 0 Å². The fourth-order valence-corrected chi connectivity index (χ4v) is 1.86. The molecule has 1 aliphatic rings. The first-order chi connectivity index (χ1) is 4.89. The molecule has 1 N–H and O–H groups in total. The molecule has 1 aliphatic carbocycles. The fourth-order valence-electron chi connectivity index (χ4n) is 1.86. The maximum atomic E-state index is 10.9. The van der Waals surface area contributed by atoms with E-state index >= 15 is 0 Å². The number of ketones is 1. The molecule has 2 atom stereocenters. The third-order valence-electron chi connectivity index (χ3n) is 2.53. The van der Waals surface area contributed by atoms with Crippen LogP contribution in [0.5, 0.6) is 0 Å². The highest BCUT2D eigenvalue weighted by Crippen LogP contribution is 2.58.